The summed E-state index contributed by atoms with van der Waals surface area (Å²) in [6.07, 6.45) is 3.17. The standard InChI is InChI=1S/C13H19N3O2/c1-10(2)15-5-7-16(8-6-15)12-9-14-4-3-11(12)13(17)18/h3-4,9-10H,5-8H2,1-2H3,(H,17,18). The minimum Gasteiger partial charge on any atom is -0.478 e. The Labute approximate surface area is 107 Å². The van der Waals surface area contributed by atoms with Crippen LogP contribution in [0.1, 0.15) is 24.2 Å². The Balaban J connectivity index is 2.12. The van der Waals surface area contributed by atoms with Crippen LogP contribution in [0.2, 0.25) is 0 Å². The highest BCUT2D eigenvalue weighted by molar-refractivity contribution is 5.94. The number of hydrogen-bond donors (Lipinski definition) is 1. The minimum atomic E-state index is -0.890. The molecule has 0 aromatic carbocycles. The molecule has 0 atom stereocenters. The van der Waals surface area contributed by atoms with Gasteiger partial charge in [-0.1, -0.05) is 0 Å². The zero-order valence-electron chi connectivity index (χ0n) is 10.8. The number of anilines is 1. The fourth-order valence-electron chi connectivity index (χ4n) is 2.30. The predicted molar refractivity (Wildman–Crippen MR) is 70.1 cm³/mol. The summed E-state index contributed by atoms with van der Waals surface area (Å²) in [5.41, 5.74) is 1.07. The number of aromatic carboxylic acids is 1. The first-order chi connectivity index (χ1) is 8.59. The van der Waals surface area contributed by atoms with E-state index in [0.29, 0.717) is 11.6 Å². The first-order valence-electron chi connectivity index (χ1n) is 6.26. The summed E-state index contributed by atoms with van der Waals surface area (Å²) in [5.74, 6) is -0.890. The predicted octanol–water partition coefficient (Wildman–Crippen LogP) is 1.31. The zero-order valence-corrected chi connectivity index (χ0v) is 10.8. The number of rotatable bonds is 3. The second kappa shape index (κ2) is 5.35. The molecule has 1 aliphatic rings. The van der Waals surface area contributed by atoms with Crippen molar-refractivity contribution in [3.8, 4) is 0 Å². The van der Waals surface area contributed by atoms with E-state index in [-0.39, 0.29) is 0 Å². The van der Waals surface area contributed by atoms with E-state index in [4.69, 9.17) is 0 Å². The highest BCUT2D eigenvalue weighted by atomic mass is 16.4. The molecule has 1 aliphatic heterocycles. The third kappa shape index (κ3) is 2.61. The maximum atomic E-state index is 11.2. The summed E-state index contributed by atoms with van der Waals surface area (Å²) in [5, 5.41) is 9.17. The van der Waals surface area contributed by atoms with E-state index in [9.17, 15) is 9.90 Å². The van der Waals surface area contributed by atoms with E-state index in [0.717, 1.165) is 31.9 Å². The van der Waals surface area contributed by atoms with Gasteiger partial charge in [0.15, 0.2) is 0 Å². The molecular weight excluding hydrogens is 230 g/mol. The van der Waals surface area contributed by atoms with Crippen LogP contribution in [0.3, 0.4) is 0 Å². The third-order valence-corrected chi connectivity index (χ3v) is 3.42. The summed E-state index contributed by atoms with van der Waals surface area (Å²) >= 11 is 0. The van der Waals surface area contributed by atoms with Crippen molar-refractivity contribution in [3.63, 3.8) is 0 Å². The van der Waals surface area contributed by atoms with Gasteiger partial charge in [0.2, 0.25) is 0 Å². The van der Waals surface area contributed by atoms with Crippen LogP contribution in [0.5, 0.6) is 0 Å². The van der Waals surface area contributed by atoms with Crippen LogP contribution >= 0.6 is 0 Å². The van der Waals surface area contributed by atoms with E-state index >= 15 is 0 Å². The number of carboxylic acid groups (broad SMARTS) is 1. The van der Waals surface area contributed by atoms with Gasteiger partial charge in [-0.25, -0.2) is 4.79 Å². The topological polar surface area (TPSA) is 56.7 Å². The summed E-state index contributed by atoms with van der Waals surface area (Å²) in [4.78, 5) is 19.7. The molecule has 0 amide bonds. The Kier molecular flexibility index (Phi) is 3.81. The normalized spacial score (nSPS) is 17.2. The smallest absolute Gasteiger partial charge is 0.337 e. The summed E-state index contributed by atoms with van der Waals surface area (Å²) in [6.45, 7) is 8.00. The van der Waals surface area contributed by atoms with E-state index in [1.165, 1.54) is 6.20 Å². The van der Waals surface area contributed by atoms with Gasteiger partial charge in [-0.05, 0) is 19.9 Å². The number of nitrogens with zero attached hydrogens (tertiary/aromatic N) is 3. The lowest BCUT2D eigenvalue weighted by atomic mass is 10.1. The van der Waals surface area contributed by atoms with Crippen LogP contribution in [0.25, 0.3) is 0 Å². The van der Waals surface area contributed by atoms with Crippen LogP contribution in [0.4, 0.5) is 5.69 Å². The fraction of sp³-hybridized carbons (Fsp3) is 0.538. The van der Waals surface area contributed by atoms with Gasteiger partial charge in [0.25, 0.3) is 0 Å². The van der Waals surface area contributed by atoms with Gasteiger partial charge >= 0.3 is 5.97 Å². The van der Waals surface area contributed by atoms with Gasteiger partial charge in [0.05, 0.1) is 17.4 Å². The molecule has 0 unspecified atom stereocenters. The van der Waals surface area contributed by atoms with Gasteiger partial charge in [-0.3, -0.25) is 9.88 Å². The molecule has 0 saturated carbocycles. The molecule has 0 radical (unpaired) electrons. The molecule has 1 saturated heterocycles. The van der Waals surface area contributed by atoms with Gasteiger partial charge in [-0.15, -0.1) is 0 Å². The Bertz CT molecular complexity index is 426. The molecule has 2 rings (SSSR count). The lowest BCUT2D eigenvalue weighted by molar-refractivity contribution is 0.0697. The highest BCUT2D eigenvalue weighted by Gasteiger charge is 2.22. The van der Waals surface area contributed by atoms with Gasteiger partial charge in [-0.2, -0.15) is 0 Å². The van der Waals surface area contributed by atoms with Crippen molar-refractivity contribution >= 4 is 11.7 Å². The number of pyridine rings is 1. The molecule has 5 heteroatoms. The van der Waals surface area contributed by atoms with Gasteiger partial charge < -0.3 is 10.0 Å². The van der Waals surface area contributed by atoms with Crippen molar-refractivity contribution in [2.45, 2.75) is 19.9 Å². The molecule has 0 aliphatic carbocycles. The lowest BCUT2D eigenvalue weighted by Crippen LogP contribution is -2.49. The third-order valence-electron chi connectivity index (χ3n) is 3.42. The number of hydrogen-bond acceptors (Lipinski definition) is 4. The SMILES string of the molecule is CC(C)N1CCN(c2cnccc2C(=O)O)CC1. The average Bonchev–Trinajstić information content (AvgIpc) is 2.39. The highest BCUT2D eigenvalue weighted by Crippen LogP contribution is 2.21. The Morgan fingerprint density at radius 3 is 2.56 bits per heavy atom. The number of carbonyl (C=O) groups is 1. The molecule has 5 nitrogen and oxygen atoms in total. The van der Waals surface area contributed by atoms with Crippen molar-refractivity contribution in [1.82, 2.24) is 9.88 Å². The van der Waals surface area contributed by atoms with E-state index in [2.05, 4.69) is 28.6 Å². The van der Waals surface area contributed by atoms with Crippen molar-refractivity contribution < 1.29 is 9.90 Å². The Morgan fingerprint density at radius 1 is 1.33 bits per heavy atom. The first kappa shape index (κ1) is 12.8. The number of piperazine rings is 1. The molecule has 1 aromatic rings. The molecule has 1 N–H and O–H groups in total. The summed E-state index contributed by atoms with van der Waals surface area (Å²) < 4.78 is 0. The van der Waals surface area contributed by atoms with Crippen molar-refractivity contribution in [3.05, 3.63) is 24.0 Å². The Morgan fingerprint density at radius 2 is 2.00 bits per heavy atom. The monoisotopic (exact) mass is 249 g/mol. The van der Waals surface area contributed by atoms with Crippen molar-refractivity contribution in [2.75, 3.05) is 31.1 Å². The largest absolute Gasteiger partial charge is 0.478 e. The van der Waals surface area contributed by atoms with E-state index < -0.39 is 5.97 Å². The molecule has 1 aromatic heterocycles. The quantitative estimate of drug-likeness (QED) is 0.875. The molecule has 1 fully saturated rings. The first-order valence-corrected chi connectivity index (χ1v) is 6.26. The van der Waals surface area contributed by atoms with Crippen molar-refractivity contribution in [2.24, 2.45) is 0 Å². The zero-order chi connectivity index (χ0) is 13.1. The molecular formula is C13H19N3O2. The summed E-state index contributed by atoms with van der Waals surface area (Å²) in [6, 6.07) is 2.10. The van der Waals surface area contributed by atoms with Gasteiger partial charge in [0.1, 0.15) is 0 Å². The Hall–Kier alpha value is -1.62. The fourth-order valence-corrected chi connectivity index (χ4v) is 2.30. The van der Waals surface area contributed by atoms with Crippen LogP contribution in [0, 0.1) is 0 Å². The molecule has 18 heavy (non-hydrogen) atoms. The number of aromatic nitrogens is 1. The minimum absolute atomic E-state index is 0.336. The molecule has 98 valence electrons. The van der Waals surface area contributed by atoms with E-state index in [1.807, 2.05) is 0 Å². The average molecular weight is 249 g/mol. The molecule has 2 heterocycles. The maximum Gasteiger partial charge on any atom is 0.337 e. The van der Waals surface area contributed by atoms with E-state index in [1.54, 1.807) is 12.3 Å². The summed E-state index contributed by atoms with van der Waals surface area (Å²) in [7, 11) is 0. The van der Waals surface area contributed by atoms with Crippen LogP contribution < -0.4 is 4.90 Å². The van der Waals surface area contributed by atoms with Gasteiger partial charge in [0, 0.05) is 38.4 Å². The molecule has 0 bridgehead atoms. The number of carboxylic acids is 1. The van der Waals surface area contributed by atoms with Crippen LogP contribution in [-0.2, 0) is 0 Å². The molecule has 0 spiro atoms. The second-order valence-electron chi connectivity index (χ2n) is 4.81. The van der Waals surface area contributed by atoms with Crippen LogP contribution in [0.15, 0.2) is 18.5 Å². The second-order valence-corrected chi connectivity index (χ2v) is 4.81. The van der Waals surface area contributed by atoms with Crippen molar-refractivity contribution in [1.29, 1.82) is 0 Å². The van der Waals surface area contributed by atoms with Crippen LogP contribution in [-0.4, -0.2) is 53.2 Å². The lowest BCUT2D eigenvalue weighted by Gasteiger charge is -2.38. The maximum absolute atomic E-state index is 11.2.